The molecule has 6 nitrogen and oxygen atoms in total. The summed E-state index contributed by atoms with van der Waals surface area (Å²) in [6, 6.07) is 0. The number of carbonyl (C=O) groups is 1. The van der Waals surface area contributed by atoms with Gasteiger partial charge in [0.1, 0.15) is 0 Å². The van der Waals surface area contributed by atoms with Crippen LogP contribution in [0.25, 0.3) is 0 Å². The Morgan fingerprint density at radius 3 is 2.56 bits per heavy atom. The van der Waals surface area contributed by atoms with Crippen molar-refractivity contribution in [1.29, 1.82) is 0 Å². The van der Waals surface area contributed by atoms with Crippen LogP contribution >= 0.6 is 24.0 Å². The molecule has 3 N–H and O–H groups in total. The topological polar surface area (TPSA) is 74.0 Å². The van der Waals surface area contributed by atoms with Gasteiger partial charge < -0.3 is 20.9 Å². The molecule has 0 aromatic heterocycles. The van der Waals surface area contributed by atoms with Crippen LogP contribution in [0.4, 0.5) is 0 Å². The zero-order chi connectivity index (χ0) is 17.4. The zero-order valence-electron chi connectivity index (χ0n) is 15.9. The van der Waals surface area contributed by atoms with Crippen molar-refractivity contribution in [2.45, 2.75) is 45.4 Å². The summed E-state index contributed by atoms with van der Waals surface area (Å²) in [6.45, 7) is 8.23. The molecule has 1 amide bonds. The Balaban J connectivity index is 0.00000312. The molecule has 0 radical (unpaired) electrons. The third-order valence-electron chi connectivity index (χ3n) is 5.28. The molecule has 0 aromatic rings. The molecule has 2 aliphatic rings. The van der Waals surface area contributed by atoms with Crippen LogP contribution in [0.5, 0.6) is 0 Å². The monoisotopic (exact) mass is 465 g/mol. The number of amides is 1. The Labute approximate surface area is 170 Å². The first-order valence-electron chi connectivity index (χ1n) is 9.58. The van der Waals surface area contributed by atoms with E-state index in [-0.39, 0.29) is 29.9 Å². The quantitative estimate of drug-likeness (QED) is 0.357. The second kappa shape index (κ2) is 11.9. The van der Waals surface area contributed by atoms with Gasteiger partial charge in [0, 0.05) is 32.6 Å². The summed E-state index contributed by atoms with van der Waals surface area (Å²) in [6.07, 6.45) is 6.47. The Hall–Kier alpha value is -0.570. The molecule has 2 rings (SSSR count). The smallest absolute Gasteiger partial charge is 0.217 e. The maximum Gasteiger partial charge on any atom is 0.217 e. The molecule has 25 heavy (non-hydrogen) atoms. The molecule has 2 fully saturated rings. The largest absolute Gasteiger partial charge is 0.370 e. The molecule has 2 saturated heterocycles. The van der Waals surface area contributed by atoms with Crippen LogP contribution in [0.15, 0.2) is 4.99 Å². The molecule has 0 aliphatic carbocycles. The van der Waals surface area contributed by atoms with Gasteiger partial charge in [-0.05, 0) is 71.0 Å². The van der Waals surface area contributed by atoms with Gasteiger partial charge in [-0.15, -0.1) is 24.0 Å². The highest BCUT2D eigenvalue weighted by Crippen LogP contribution is 2.21. The van der Waals surface area contributed by atoms with Crippen molar-refractivity contribution in [2.75, 3.05) is 46.3 Å². The second-order valence-corrected chi connectivity index (χ2v) is 7.40. The van der Waals surface area contributed by atoms with Crippen LogP contribution in [0.3, 0.4) is 0 Å². The van der Waals surface area contributed by atoms with E-state index >= 15 is 0 Å². The van der Waals surface area contributed by atoms with Crippen molar-refractivity contribution in [3.05, 3.63) is 0 Å². The summed E-state index contributed by atoms with van der Waals surface area (Å²) in [7, 11) is 2.20. The summed E-state index contributed by atoms with van der Waals surface area (Å²) in [5.74, 6) is 2.01. The lowest BCUT2D eigenvalue weighted by Crippen LogP contribution is -2.47. The van der Waals surface area contributed by atoms with Gasteiger partial charge in [0.25, 0.3) is 0 Å². The minimum Gasteiger partial charge on any atom is -0.370 e. The maximum atomic E-state index is 11.2. The van der Waals surface area contributed by atoms with Gasteiger partial charge in [-0.3, -0.25) is 9.79 Å². The van der Waals surface area contributed by atoms with Crippen molar-refractivity contribution in [2.24, 2.45) is 22.6 Å². The molecule has 2 heterocycles. The van der Waals surface area contributed by atoms with Crippen molar-refractivity contribution >= 4 is 35.8 Å². The van der Waals surface area contributed by atoms with E-state index in [1.807, 2.05) is 0 Å². The van der Waals surface area contributed by atoms with Crippen LogP contribution in [0, 0.1) is 11.8 Å². The number of aliphatic imine (C=N–C) groups is 1. The van der Waals surface area contributed by atoms with E-state index in [4.69, 9.17) is 10.7 Å². The highest BCUT2D eigenvalue weighted by Gasteiger charge is 2.23. The second-order valence-electron chi connectivity index (χ2n) is 7.40. The average Bonchev–Trinajstić information content (AvgIpc) is 2.55. The van der Waals surface area contributed by atoms with E-state index < -0.39 is 0 Å². The van der Waals surface area contributed by atoms with Crippen molar-refractivity contribution < 1.29 is 4.79 Å². The number of rotatable bonds is 6. The molecule has 146 valence electrons. The van der Waals surface area contributed by atoms with E-state index in [9.17, 15) is 4.79 Å². The van der Waals surface area contributed by atoms with Crippen molar-refractivity contribution in [3.63, 3.8) is 0 Å². The van der Waals surface area contributed by atoms with E-state index in [1.54, 1.807) is 0 Å². The fourth-order valence-electron chi connectivity index (χ4n) is 3.84. The number of nitrogens with one attached hydrogen (secondary N) is 1. The molecular weight excluding hydrogens is 429 g/mol. The molecule has 7 heteroatoms. The minimum absolute atomic E-state index is 0. The number of hydrogen-bond donors (Lipinski definition) is 2. The van der Waals surface area contributed by atoms with Gasteiger partial charge in [0.2, 0.25) is 5.91 Å². The lowest BCUT2D eigenvalue weighted by molar-refractivity contribution is -0.119. The maximum absolute atomic E-state index is 11.2. The predicted molar refractivity (Wildman–Crippen MR) is 114 cm³/mol. The number of carbonyl (C=O) groups excluding carboxylic acids is 1. The predicted octanol–water partition coefficient (Wildman–Crippen LogP) is 1.89. The highest BCUT2D eigenvalue weighted by molar-refractivity contribution is 14.0. The average molecular weight is 465 g/mol. The number of hydrogen-bond acceptors (Lipinski definition) is 3. The first-order chi connectivity index (χ1) is 11.6. The van der Waals surface area contributed by atoms with E-state index in [0.29, 0.717) is 12.3 Å². The number of nitrogens with two attached hydrogens (primary N) is 1. The minimum atomic E-state index is -0.189. The van der Waals surface area contributed by atoms with Crippen LogP contribution < -0.4 is 11.1 Å². The van der Waals surface area contributed by atoms with Crippen LogP contribution in [0.2, 0.25) is 0 Å². The van der Waals surface area contributed by atoms with Gasteiger partial charge >= 0.3 is 0 Å². The van der Waals surface area contributed by atoms with E-state index in [1.165, 1.54) is 32.4 Å². The Morgan fingerprint density at radius 1 is 1.20 bits per heavy atom. The number of guanidine groups is 1. The van der Waals surface area contributed by atoms with Gasteiger partial charge in [-0.1, -0.05) is 0 Å². The summed E-state index contributed by atoms with van der Waals surface area (Å²) < 4.78 is 0. The summed E-state index contributed by atoms with van der Waals surface area (Å²) >= 11 is 0. The molecule has 0 saturated carbocycles. The van der Waals surface area contributed by atoms with Gasteiger partial charge in [-0.25, -0.2) is 0 Å². The van der Waals surface area contributed by atoms with Gasteiger partial charge in [-0.2, -0.15) is 0 Å². The Morgan fingerprint density at radius 2 is 1.92 bits per heavy atom. The molecule has 0 aromatic carbocycles. The lowest BCUT2D eigenvalue weighted by Gasteiger charge is -2.35. The summed E-state index contributed by atoms with van der Waals surface area (Å²) in [4.78, 5) is 20.8. The molecule has 0 spiro atoms. The molecular formula is C18H36IN5O. The van der Waals surface area contributed by atoms with Gasteiger partial charge in [0.05, 0.1) is 0 Å². The number of likely N-dealkylation sites (tertiary alicyclic amines) is 2. The fraction of sp³-hybridized carbons (Fsp3) is 0.889. The zero-order valence-corrected chi connectivity index (χ0v) is 18.2. The first-order valence-corrected chi connectivity index (χ1v) is 9.58. The standard InChI is InChI=1S/C18H35N5O.HI/c1-3-20-18(21-9-6-15-7-11-22(2)12-8-15)23-10-4-5-16(14-23)13-17(19)24;/h15-16H,3-14H2,1-2H3,(H2,19,24)(H,20,21);1H. The van der Waals surface area contributed by atoms with Crippen molar-refractivity contribution in [1.82, 2.24) is 15.1 Å². The number of nitrogens with zero attached hydrogens (tertiary/aromatic N) is 3. The highest BCUT2D eigenvalue weighted by atomic mass is 127. The van der Waals surface area contributed by atoms with Crippen LogP contribution in [-0.2, 0) is 4.79 Å². The summed E-state index contributed by atoms with van der Waals surface area (Å²) in [5, 5.41) is 3.42. The molecule has 2 aliphatic heterocycles. The van der Waals surface area contributed by atoms with Gasteiger partial charge in [0.15, 0.2) is 5.96 Å². The lowest BCUT2D eigenvalue weighted by atomic mass is 9.94. The summed E-state index contributed by atoms with van der Waals surface area (Å²) in [5.41, 5.74) is 5.37. The SMILES string of the molecule is CCNC(=NCCC1CCN(C)CC1)N1CCCC(CC(N)=O)C1.I. The van der Waals surface area contributed by atoms with E-state index in [2.05, 4.69) is 29.1 Å². The molecule has 0 bridgehead atoms. The Bertz CT molecular complexity index is 424. The number of primary amides is 1. The fourth-order valence-corrected chi connectivity index (χ4v) is 3.84. The third-order valence-corrected chi connectivity index (χ3v) is 5.28. The third kappa shape index (κ3) is 8.11. The first kappa shape index (κ1) is 22.5. The van der Waals surface area contributed by atoms with E-state index in [0.717, 1.165) is 50.9 Å². The number of halogens is 1. The number of piperidine rings is 2. The van der Waals surface area contributed by atoms with Crippen molar-refractivity contribution in [3.8, 4) is 0 Å². The Kier molecular flexibility index (Phi) is 10.7. The van der Waals surface area contributed by atoms with Crippen LogP contribution in [-0.4, -0.2) is 68.0 Å². The van der Waals surface area contributed by atoms with Crippen LogP contribution in [0.1, 0.15) is 45.4 Å². The molecule has 1 atom stereocenters. The molecule has 1 unspecified atom stereocenters. The normalized spacial score (nSPS) is 23.2.